The number of thioether (sulfide) groups is 1. The van der Waals surface area contributed by atoms with Gasteiger partial charge in [0.2, 0.25) is 0 Å². The molecule has 0 saturated carbocycles. The SMILES string of the molecule is CSCCC(C)NC(=O)N1C[C@H](O)C[C@H]1C(=O)O. The third-order valence-electron chi connectivity index (χ3n) is 2.95. The Balaban J connectivity index is 2.52. The van der Waals surface area contributed by atoms with Gasteiger partial charge in [-0.05, 0) is 25.4 Å². The van der Waals surface area contributed by atoms with Gasteiger partial charge in [0.1, 0.15) is 6.04 Å². The van der Waals surface area contributed by atoms with Crippen molar-refractivity contribution in [2.24, 2.45) is 0 Å². The lowest BCUT2D eigenvalue weighted by molar-refractivity contribution is -0.141. The molecule has 1 unspecified atom stereocenters. The Bertz CT molecular complexity index is 313. The molecule has 1 saturated heterocycles. The first-order valence-corrected chi connectivity index (χ1v) is 7.32. The average Bonchev–Trinajstić information content (AvgIpc) is 2.69. The van der Waals surface area contributed by atoms with Crippen LogP contribution in [-0.2, 0) is 4.79 Å². The quantitative estimate of drug-likeness (QED) is 0.674. The molecule has 1 heterocycles. The molecule has 0 spiro atoms. The summed E-state index contributed by atoms with van der Waals surface area (Å²) in [5, 5.41) is 21.2. The van der Waals surface area contributed by atoms with Crippen molar-refractivity contribution in [3.63, 3.8) is 0 Å². The van der Waals surface area contributed by atoms with Gasteiger partial charge in [0.15, 0.2) is 0 Å². The van der Waals surface area contributed by atoms with Crippen molar-refractivity contribution in [3.05, 3.63) is 0 Å². The van der Waals surface area contributed by atoms with Crippen LogP contribution in [0.4, 0.5) is 4.79 Å². The standard InChI is InChI=1S/C11H20N2O4S/c1-7(3-4-18-2)12-11(17)13-6-8(14)5-9(13)10(15)16/h7-9,14H,3-6H2,1-2H3,(H,12,17)(H,15,16)/t7?,8-,9+/m1/s1. The number of hydrogen-bond donors (Lipinski definition) is 3. The van der Waals surface area contributed by atoms with Gasteiger partial charge in [-0.2, -0.15) is 11.8 Å². The molecule has 2 amide bonds. The molecule has 0 bridgehead atoms. The molecule has 1 aliphatic rings. The molecule has 0 aromatic heterocycles. The second-order valence-electron chi connectivity index (χ2n) is 4.53. The van der Waals surface area contributed by atoms with Crippen molar-refractivity contribution in [2.75, 3.05) is 18.6 Å². The van der Waals surface area contributed by atoms with Gasteiger partial charge in [-0.25, -0.2) is 9.59 Å². The fourth-order valence-electron chi connectivity index (χ4n) is 1.93. The number of carbonyl (C=O) groups excluding carboxylic acids is 1. The third kappa shape index (κ3) is 4.06. The average molecular weight is 276 g/mol. The Morgan fingerprint density at radius 1 is 1.56 bits per heavy atom. The number of amides is 2. The first kappa shape index (κ1) is 15.1. The number of aliphatic carboxylic acids is 1. The van der Waals surface area contributed by atoms with Gasteiger partial charge in [0.05, 0.1) is 6.10 Å². The van der Waals surface area contributed by atoms with E-state index in [2.05, 4.69) is 5.32 Å². The predicted molar refractivity (Wildman–Crippen MR) is 69.7 cm³/mol. The zero-order chi connectivity index (χ0) is 13.7. The van der Waals surface area contributed by atoms with Crippen LogP contribution in [0.5, 0.6) is 0 Å². The first-order chi connectivity index (χ1) is 8.45. The first-order valence-electron chi connectivity index (χ1n) is 5.92. The van der Waals surface area contributed by atoms with Gasteiger partial charge in [-0.3, -0.25) is 0 Å². The van der Waals surface area contributed by atoms with Crippen LogP contribution in [0.15, 0.2) is 0 Å². The van der Waals surface area contributed by atoms with E-state index >= 15 is 0 Å². The smallest absolute Gasteiger partial charge is 0.326 e. The van der Waals surface area contributed by atoms with Crippen LogP contribution < -0.4 is 5.32 Å². The van der Waals surface area contributed by atoms with Gasteiger partial charge >= 0.3 is 12.0 Å². The molecule has 0 aliphatic carbocycles. The topological polar surface area (TPSA) is 89.9 Å². The van der Waals surface area contributed by atoms with Crippen molar-refractivity contribution < 1.29 is 19.8 Å². The van der Waals surface area contributed by atoms with E-state index in [4.69, 9.17) is 5.11 Å². The summed E-state index contributed by atoms with van der Waals surface area (Å²) in [7, 11) is 0. The predicted octanol–water partition coefficient (Wildman–Crippen LogP) is 0.357. The monoisotopic (exact) mass is 276 g/mol. The molecule has 1 aliphatic heterocycles. The van der Waals surface area contributed by atoms with Crippen molar-refractivity contribution in [3.8, 4) is 0 Å². The van der Waals surface area contributed by atoms with E-state index in [-0.39, 0.29) is 19.0 Å². The zero-order valence-corrected chi connectivity index (χ0v) is 11.4. The molecule has 0 radical (unpaired) electrons. The lowest BCUT2D eigenvalue weighted by Crippen LogP contribution is -2.48. The van der Waals surface area contributed by atoms with Crippen molar-refractivity contribution in [1.29, 1.82) is 0 Å². The molecule has 3 atom stereocenters. The largest absolute Gasteiger partial charge is 0.480 e. The number of nitrogens with one attached hydrogen (secondary N) is 1. The Labute approximate surface area is 111 Å². The van der Waals surface area contributed by atoms with Gasteiger partial charge in [0, 0.05) is 19.0 Å². The summed E-state index contributed by atoms with van der Waals surface area (Å²) in [6, 6.07) is -1.34. The Morgan fingerprint density at radius 2 is 2.22 bits per heavy atom. The van der Waals surface area contributed by atoms with E-state index in [1.54, 1.807) is 11.8 Å². The second-order valence-corrected chi connectivity index (χ2v) is 5.51. The van der Waals surface area contributed by atoms with E-state index in [0.717, 1.165) is 12.2 Å². The summed E-state index contributed by atoms with van der Waals surface area (Å²) >= 11 is 1.70. The number of urea groups is 1. The highest BCUT2D eigenvalue weighted by molar-refractivity contribution is 7.98. The number of aliphatic hydroxyl groups excluding tert-OH is 1. The Hall–Kier alpha value is -0.950. The zero-order valence-electron chi connectivity index (χ0n) is 10.6. The number of carbonyl (C=O) groups is 2. The number of hydrogen-bond acceptors (Lipinski definition) is 4. The number of rotatable bonds is 5. The summed E-state index contributed by atoms with van der Waals surface area (Å²) in [4.78, 5) is 24.1. The van der Waals surface area contributed by atoms with Crippen molar-refractivity contribution in [1.82, 2.24) is 10.2 Å². The molecule has 18 heavy (non-hydrogen) atoms. The highest BCUT2D eigenvalue weighted by Crippen LogP contribution is 2.18. The number of nitrogens with zero attached hydrogens (tertiary/aromatic N) is 1. The maximum Gasteiger partial charge on any atom is 0.326 e. The number of carboxylic acids is 1. The molecular formula is C11H20N2O4S. The van der Waals surface area contributed by atoms with Gasteiger partial charge < -0.3 is 20.4 Å². The van der Waals surface area contributed by atoms with Crippen LogP contribution in [0.3, 0.4) is 0 Å². The van der Waals surface area contributed by atoms with Crippen LogP contribution in [-0.4, -0.2) is 63.9 Å². The Morgan fingerprint density at radius 3 is 2.78 bits per heavy atom. The minimum atomic E-state index is -1.07. The summed E-state index contributed by atoms with van der Waals surface area (Å²) in [5.41, 5.74) is 0. The normalized spacial score (nSPS) is 24.9. The molecule has 3 N–H and O–H groups in total. The van der Waals surface area contributed by atoms with Crippen LogP contribution in [0.1, 0.15) is 19.8 Å². The molecule has 104 valence electrons. The lowest BCUT2D eigenvalue weighted by Gasteiger charge is -2.24. The number of carboxylic acid groups (broad SMARTS) is 1. The van der Waals surface area contributed by atoms with E-state index in [1.165, 1.54) is 4.90 Å². The number of β-amino-alcohol motifs (C(OH)–C–C–N with tert-alkyl or cyclic N) is 1. The van der Waals surface area contributed by atoms with Gasteiger partial charge in [0.25, 0.3) is 0 Å². The van der Waals surface area contributed by atoms with Gasteiger partial charge in [-0.15, -0.1) is 0 Å². The van der Waals surface area contributed by atoms with E-state index in [9.17, 15) is 14.7 Å². The highest BCUT2D eigenvalue weighted by Gasteiger charge is 2.39. The molecule has 0 aromatic rings. The van der Waals surface area contributed by atoms with Crippen molar-refractivity contribution >= 4 is 23.8 Å². The minimum Gasteiger partial charge on any atom is -0.480 e. The summed E-state index contributed by atoms with van der Waals surface area (Å²) < 4.78 is 0. The maximum atomic E-state index is 11.9. The fraction of sp³-hybridized carbons (Fsp3) is 0.818. The molecule has 1 fully saturated rings. The van der Waals surface area contributed by atoms with Crippen LogP contribution in [0.25, 0.3) is 0 Å². The molecular weight excluding hydrogens is 256 g/mol. The number of aliphatic hydroxyl groups is 1. The molecule has 7 heteroatoms. The number of likely N-dealkylation sites (tertiary alicyclic amines) is 1. The van der Waals surface area contributed by atoms with Crippen LogP contribution in [0, 0.1) is 0 Å². The van der Waals surface area contributed by atoms with Crippen LogP contribution >= 0.6 is 11.8 Å². The summed E-state index contributed by atoms with van der Waals surface area (Å²) in [6.07, 6.45) is 2.17. The van der Waals surface area contributed by atoms with Crippen LogP contribution in [0.2, 0.25) is 0 Å². The molecule has 0 aromatic carbocycles. The Kier molecular flexibility index (Phi) is 5.74. The minimum absolute atomic E-state index is 0.00265. The summed E-state index contributed by atoms with van der Waals surface area (Å²) in [5.74, 6) is -0.134. The molecule has 1 rings (SSSR count). The highest BCUT2D eigenvalue weighted by atomic mass is 32.2. The van der Waals surface area contributed by atoms with Crippen molar-refractivity contribution in [2.45, 2.75) is 38.0 Å². The maximum absolute atomic E-state index is 11.9. The second kappa shape index (κ2) is 6.84. The van der Waals surface area contributed by atoms with E-state index in [1.807, 2.05) is 13.2 Å². The lowest BCUT2D eigenvalue weighted by atomic mass is 10.2. The molecule has 6 nitrogen and oxygen atoms in total. The third-order valence-corrected chi connectivity index (χ3v) is 3.59. The van der Waals surface area contributed by atoms with E-state index < -0.39 is 24.1 Å². The van der Waals surface area contributed by atoms with Gasteiger partial charge in [-0.1, -0.05) is 0 Å². The summed E-state index contributed by atoms with van der Waals surface area (Å²) in [6.45, 7) is 1.97. The van der Waals surface area contributed by atoms with E-state index in [0.29, 0.717) is 0 Å². The fourth-order valence-corrected chi connectivity index (χ4v) is 2.52.